The molecule has 114 valence electrons. The average Bonchev–Trinajstić information content (AvgIpc) is 2.50. The minimum Gasteiger partial charge on any atom is -0.462 e. The first-order chi connectivity index (χ1) is 10.5. The lowest BCUT2D eigenvalue weighted by Gasteiger charge is -2.04. The van der Waals surface area contributed by atoms with Crippen LogP contribution in [0.4, 0.5) is 0 Å². The summed E-state index contributed by atoms with van der Waals surface area (Å²) in [5.41, 5.74) is 0. The lowest BCUT2D eigenvalue weighted by Crippen LogP contribution is -2.09. The Labute approximate surface area is 129 Å². The third-order valence-electron chi connectivity index (χ3n) is 2.85. The quantitative estimate of drug-likeness (QED) is 0.481. The van der Waals surface area contributed by atoms with Crippen LogP contribution < -0.4 is 4.74 Å². The van der Waals surface area contributed by atoms with Gasteiger partial charge in [0.05, 0.1) is 6.61 Å². The maximum Gasteiger partial charge on any atom is 0.336 e. The van der Waals surface area contributed by atoms with Crippen LogP contribution in [0.2, 0.25) is 0 Å². The molecular weight excluding hydrogens is 280 g/mol. The summed E-state index contributed by atoms with van der Waals surface area (Å²) in [5.74, 6) is -0.480. The Bertz CT molecular complexity index is 701. The fraction of sp³-hybridized carbons (Fsp3) is 0.222. The molecule has 2 aromatic rings. The highest BCUT2D eigenvalue weighted by atomic mass is 16.5. The van der Waals surface area contributed by atoms with E-state index in [2.05, 4.69) is 0 Å². The van der Waals surface area contributed by atoms with Crippen molar-refractivity contribution in [1.29, 1.82) is 0 Å². The van der Waals surface area contributed by atoms with Crippen LogP contribution in [0.25, 0.3) is 10.8 Å². The molecule has 0 aliphatic rings. The van der Waals surface area contributed by atoms with Crippen molar-refractivity contribution in [1.82, 2.24) is 0 Å². The maximum atomic E-state index is 11.7. The molecule has 0 bridgehead atoms. The number of fused-ring (bicyclic) bond motifs is 1. The predicted molar refractivity (Wildman–Crippen MR) is 84.5 cm³/mol. The van der Waals surface area contributed by atoms with Gasteiger partial charge in [-0.05, 0) is 28.8 Å². The van der Waals surface area contributed by atoms with Gasteiger partial charge in [0.15, 0.2) is 0 Å². The molecule has 0 unspecified atom stereocenters. The highest BCUT2D eigenvalue weighted by Crippen LogP contribution is 2.20. The van der Waals surface area contributed by atoms with Crippen molar-refractivity contribution in [3.8, 4) is 5.75 Å². The molecule has 0 radical (unpaired) electrons. The fourth-order valence-electron chi connectivity index (χ4n) is 1.81. The molecule has 0 spiro atoms. The van der Waals surface area contributed by atoms with Crippen LogP contribution in [-0.2, 0) is 14.3 Å². The second-order valence-electron chi connectivity index (χ2n) is 5.29. The number of esters is 2. The lowest BCUT2D eigenvalue weighted by atomic mass is 10.1. The number of hydrogen-bond acceptors (Lipinski definition) is 4. The summed E-state index contributed by atoms with van der Waals surface area (Å²) in [6, 6.07) is 13.1. The molecule has 0 fully saturated rings. The van der Waals surface area contributed by atoms with Crippen LogP contribution in [-0.4, -0.2) is 18.5 Å². The zero-order valence-corrected chi connectivity index (χ0v) is 12.6. The molecular formula is C18H18O4. The van der Waals surface area contributed by atoms with E-state index in [9.17, 15) is 9.59 Å². The SMILES string of the molecule is CC(C)COC(=O)/C=C/C(=O)Oc1ccc2ccccc2c1. The summed E-state index contributed by atoms with van der Waals surface area (Å²) in [6.07, 6.45) is 2.14. The zero-order chi connectivity index (χ0) is 15.9. The molecule has 0 N–H and O–H groups in total. The number of carbonyl (C=O) groups is 2. The first-order valence-corrected chi connectivity index (χ1v) is 7.10. The van der Waals surface area contributed by atoms with Gasteiger partial charge in [0.2, 0.25) is 0 Å². The van der Waals surface area contributed by atoms with E-state index in [1.54, 1.807) is 12.1 Å². The Morgan fingerprint density at radius 3 is 2.41 bits per heavy atom. The maximum absolute atomic E-state index is 11.7. The smallest absolute Gasteiger partial charge is 0.336 e. The molecule has 0 saturated heterocycles. The van der Waals surface area contributed by atoms with Gasteiger partial charge in [0, 0.05) is 12.2 Å². The predicted octanol–water partition coefficient (Wildman–Crippen LogP) is 3.50. The van der Waals surface area contributed by atoms with Crippen molar-refractivity contribution in [2.24, 2.45) is 5.92 Å². The minimum absolute atomic E-state index is 0.252. The summed E-state index contributed by atoms with van der Waals surface area (Å²) in [4.78, 5) is 23.0. The summed E-state index contributed by atoms with van der Waals surface area (Å²) in [5, 5.41) is 2.04. The van der Waals surface area contributed by atoms with Crippen molar-refractivity contribution in [2.45, 2.75) is 13.8 Å². The van der Waals surface area contributed by atoms with Gasteiger partial charge in [-0.15, -0.1) is 0 Å². The molecule has 22 heavy (non-hydrogen) atoms. The van der Waals surface area contributed by atoms with Crippen molar-refractivity contribution in [3.05, 3.63) is 54.6 Å². The molecule has 0 heterocycles. The normalized spacial score (nSPS) is 11.0. The van der Waals surface area contributed by atoms with E-state index in [4.69, 9.17) is 9.47 Å². The number of benzene rings is 2. The van der Waals surface area contributed by atoms with Crippen LogP contribution >= 0.6 is 0 Å². The van der Waals surface area contributed by atoms with Gasteiger partial charge in [-0.2, -0.15) is 0 Å². The van der Waals surface area contributed by atoms with Crippen molar-refractivity contribution in [3.63, 3.8) is 0 Å². The van der Waals surface area contributed by atoms with Gasteiger partial charge < -0.3 is 9.47 Å². The summed E-state index contributed by atoms with van der Waals surface area (Å²) in [7, 11) is 0. The highest BCUT2D eigenvalue weighted by Gasteiger charge is 2.04. The molecule has 0 aliphatic heterocycles. The second kappa shape index (κ2) is 7.41. The number of carbonyl (C=O) groups excluding carboxylic acids is 2. The molecule has 0 aromatic heterocycles. The largest absolute Gasteiger partial charge is 0.462 e. The van der Waals surface area contributed by atoms with Gasteiger partial charge in [-0.3, -0.25) is 0 Å². The average molecular weight is 298 g/mol. The Balaban J connectivity index is 1.94. The standard InChI is InChI=1S/C18H18O4/c1-13(2)12-21-17(19)9-10-18(20)22-16-8-7-14-5-3-4-6-15(14)11-16/h3-11,13H,12H2,1-2H3/b10-9+. The van der Waals surface area contributed by atoms with Gasteiger partial charge in [0.25, 0.3) is 0 Å². The van der Waals surface area contributed by atoms with Crippen LogP contribution in [0, 0.1) is 5.92 Å². The van der Waals surface area contributed by atoms with E-state index in [0.717, 1.165) is 22.9 Å². The number of ether oxygens (including phenoxy) is 2. The van der Waals surface area contributed by atoms with Gasteiger partial charge in [-0.25, -0.2) is 9.59 Å². The molecule has 0 saturated carbocycles. The Hall–Kier alpha value is -2.62. The first-order valence-electron chi connectivity index (χ1n) is 7.10. The first kappa shape index (κ1) is 15.8. The summed E-state index contributed by atoms with van der Waals surface area (Å²) >= 11 is 0. The van der Waals surface area contributed by atoms with Gasteiger partial charge >= 0.3 is 11.9 Å². The van der Waals surface area contributed by atoms with Crippen LogP contribution in [0.15, 0.2) is 54.6 Å². The third-order valence-corrected chi connectivity index (χ3v) is 2.85. The monoisotopic (exact) mass is 298 g/mol. The Morgan fingerprint density at radius 2 is 1.68 bits per heavy atom. The number of hydrogen-bond donors (Lipinski definition) is 0. The van der Waals surface area contributed by atoms with E-state index in [0.29, 0.717) is 12.4 Å². The molecule has 0 atom stereocenters. The number of rotatable bonds is 5. The van der Waals surface area contributed by atoms with E-state index < -0.39 is 11.9 Å². The fourth-order valence-corrected chi connectivity index (χ4v) is 1.81. The highest BCUT2D eigenvalue weighted by molar-refractivity contribution is 5.93. The zero-order valence-electron chi connectivity index (χ0n) is 12.6. The molecule has 2 aromatic carbocycles. The molecule has 4 nitrogen and oxygen atoms in total. The van der Waals surface area contributed by atoms with E-state index in [-0.39, 0.29) is 5.92 Å². The molecule has 0 aliphatic carbocycles. The van der Waals surface area contributed by atoms with Crippen molar-refractivity contribution < 1.29 is 19.1 Å². The Morgan fingerprint density at radius 1 is 1.00 bits per heavy atom. The topological polar surface area (TPSA) is 52.6 Å². The second-order valence-corrected chi connectivity index (χ2v) is 5.29. The van der Waals surface area contributed by atoms with E-state index >= 15 is 0 Å². The van der Waals surface area contributed by atoms with E-state index in [1.807, 2.05) is 44.2 Å². The van der Waals surface area contributed by atoms with Crippen LogP contribution in [0.5, 0.6) is 5.75 Å². The lowest BCUT2D eigenvalue weighted by molar-refractivity contribution is -0.139. The molecule has 0 amide bonds. The van der Waals surface area contributed by atoms with Gasteiger partial charge in [0.1, 0.15) is 5.75 Å². The van der Waals surface area contributed by atoms with Crippen LogP contribution in [0.3, 0.4) is 0 Å². The Kier molecular flexibility index (Phi) is 5.31. The summed E-state index contributed by atoms with van der Waals surface area (Å²) < 4.78 is 10.1. The van der Waals surface area contributed by atoms with Gasteiger partial charge in [-0.1, -0.05) is 44.2 Å². The van der Waals surface area contributed by atoms with Crippen molar-refractivity contribution in [2.75, 3.05) is 6.61 Å². The third kappa shape index (κ3) is 4.74. The summed E-state index contributed by atoms with van der Waals surface area (Å²) in [6.45, 7) is 4.19. The minimum atomic E-state index is -0.614. The van der Waals surface area contributed by atoms with Crippen molar-refractivity contribution >= 4 is 22.7 Å². The van der Waals surface area contributed by atoms with Crippen LogP contribution in [0.1, 0.15) is 13.8 Å². The molecule has 2 rings (SSSR count). The van der Waals surface area contributed by atoms with E-state index in [1.165, 1.54) is 0 Å². The molecule has 4 heteroatoms.